The standard InChI is InChI=1S/C53H34N2S/c1-4-15-35(16-5-1)52-54-48(34-49(55-52)39-28-30-51-45(33-39)43-24-11-13-26-50(43)56-51)38-18-14-17-36(31-38)37-27-29-47-44(32-37)42-23-10-12-25-46(42)53(47,40-19-6-2-7-20-40)41-21-8-3-9-22-41/h1-34H. The second-order valence-electron chi connectivity index (χ2n) is 14.5. The molecule has 3 heteroatoms. The van der Waals surface area contributed by atoms with E-state index in [2.05, 4.69) is 188 Å². The van der Waals surface area contributed by atoms with E-state index < -0.39 is 5.41 Å². The lowest BCUT2D eigenvalue weighted by atomic mass is 9.67. The van der Waals surface area contributed by atoms with Gasteiger partial charge in [-0.05, 0) is 80.9 Å². The molecule has 2 nitrogen and oxygen atoms in total. The van der Waals surface area contributed by atoms with E-state index in [0.29, 0.717) is 5.82 Å². The lowest BCUT2D eigenvalue weighted by Crippen LogP contribution is -2.28. The molecule has 0 fully saturated rings. The van der Waals surface area contributed by atoms with Gasteiger partial charge in [-0.15, -0.1) is 11.3 Å². The highest BCUT2D eigenvalue weighted by Crippen LogP contribution is 2.56. The van der Waals surface area contributed by atoms with Gasteiger partial charge in [0.2, 0.25) is 0 Å². The molecule has 2 heterocycles. The van der Waals surface area contributed by atoms with Gasteiger partial charge >= 0.3 is 0 Å². The summed E-state index contributed by atoms with van der Waals surface area (Å²) in [5.74, 6) is 0.714. The van der Waals surface area contributed by atoms with Crippen LogP contribution in [0.5, 0.6) is 0 Å². The van der Waals surface area contributed by atoms with E-state index in [1.54, 1.807) is 0 Å². The highest BCUT2D eigenvalue weighted by atomic mass is 32.1. The van der Waals surface area contributed by atoms with Gasteiger partial charge in [-0.3, -0.25) is 0 Å². The molecule has 0 atom stereocenters. The van der Waals surface area contributed by atoms with Gasteiger partial charge in [0, 0.05) is 36.9 Å². The zero-order valence-electron chi connectivity index (χ0n) is 30.4. The van der Waals surface area contributed by atoms with E-state index >= 15 is 0 Å². The Bertz CT molecular complexity index is 3040. The Labute approximate surface area is 330 Å². The van der Waals surface area contributed by atoms with Crippen LogP contribution in [-0.4, -0.2) is 9.97 Å². The topological polar surface area (TPSA) is 25.8 Å². The van der Waals surface area contributed by atoms with Crippen molar-refractivity contribution in [2.24, 2.45) is 0 Å². The van der Waals surface area contributed by atoms with Gasteiger partial charge in [-0.1, -0.05) is 170 Å². The van der Waals surface area contributed by atoms with Crippen molar-refractivity contribution in [1.82, 2.24) is 9.97 Å². The Hall–Kier alpha value is -6.94. The van der Waals surface area contributed by atoms with Crippen LogP contribution in [0.3, 0.4) is 0 Å². The summed E-state index contributed by atoms with van der Waals surface area (Å²) >= 11 is 1.83. The number of fused-ring (bicyclic) bond motifs is 6. The van der Waals surface area contributed by atoms with Crippen LogP contribution in [-0.2, 0) is 5.41 Å². The zero-order valence-corrected chi connectivity index (χ0v) is 31.2. The van der Waals surface area contributed by atoms with Crippen LogP contribution in [0.15, 0.2) is 206 Å². The smallest absolute Gasteiger partial charge is 0.160 e. The Balaban J connectivity index is 1.06. The predicted octanol–water partition coefficient (Wildman–Crippen LogP) is 13.9. The molecule has 2 aromatic heterocycles. The zero-order chi connectivity index (χ0) is 37.1. The fourth-order valence-electron chi connectivity index (χ4n) is 8.83. The number of hydrogen-bond donors (Lipinski definition) is 0. The van der Waals surface area contributed by atoms with E-state index in [4.69, 9.17) is 9.97 Å². The molecule has 1 aliphatic rings. The second-order valence-corrected chi connectivity index (χ2v) is 15.6. The maximum Gasteiger partial charge on any atom is 0.160 e. The lowest BCUT2D eigenvalue weighted by molar-refractivity contribution is 0.768. The molecular formula is C53H34N2S. The molecule has 0 spiro atoms. The fourth-order valence-corrected chi connectivity index (χ4v) is 9.92. The normalized spacial score (nSPS) is 12.8. The van der Waals surface area contributed by atoms with Crippen molar-refractivity contribution >= 4 is 31.5 Å². The van der Waals surface area contributed by atoms with Gasteiger partial charge in [0.25, 0.3) is 0 Å². The number of aromatic nitrogens is 2. The monoisotopic (exact) mass is 730 g/mol. The molecule has 11 rings (SSSR count). The molecule has 0 saturated heterocycles. The van der Waals surface area contributed by atoms with Crippen molar-refractivity contribution in [3.8, 4) is 56.2 Å². The van der Waals surface area contributed by atoms with Gasteiger partial charge in [0.1, 0.15) is 0 Å². The summed E-state index contributed by atoms with van der Waals surface area (Å²) in [5.41, 5.74) is 14.5. The Morgan fingerprint density at radius 3 is 1.66 bits per heavy atom. The first-order valence-electron chi connectivity index (χ1n) is 19.1. The first kappa shape index (κ1) is 32.5. The number of rotatable bonds is 6. The minimum Gasteiger partial charge on any atom is -0.228 e. The van der Waals surface area contributed by atoms with Crippen LogP contribution >= 0.6 is 11.3 Å². The summed E-state index contributed by atoms with van der Waals surface area (Å²) in [6, 6.07) is 74.5. The maximum atomic E-state index is 5.20. The molecule has 8 aromatic carbocycles. The third-order valence-corrected chi connectivity index (χ3v) is 12.5. The highest BCUT2D eigenvalue weighted by Gasteiger charge is 2.45. The quantitative estimate of drug-likeness (QED) is 0.170. The van der Waals surface area contributed by atoms with E-state index in [1.165, 1.54) is 59.1 Å². The Kier molecular flexibility index (Phi) is 7.61. The second kappa shape index (κ2) is 13.1. The van der Waals surface area contributed by atoms with Gasteiger partial charge in [0.15, 0.2) is 5.82 Å². The van der Waals surface area contributed by atoms with Crippen LogP contribution in [0.2, 0.25) is 0 Å². The first-order valence-corrected chi connectivity index (χ1v) is 19.9. The average Bonchev–Trinajstić information content (AvgIpc) is 3.80. The summed E-state index contributed by atoms with van der Waals surface area (Å²) in [4.78, 5) is 10.4. The number of thiophene rings is 1. The molecule has 262 valence electrons. The van der Waals surface area contributed by atoms with Crippen molar-refractivity contribution in [3.05, 3.63) is 229 Å². The van der Waals surface area contributed by atoms with Gasteiger partial charge in [-0.25, -0.2) is 9.97 Å². The molecule has 0 radical (unpaired) electrons. The van der Waals surface area contributed by atoms with Crippen LogP contribution < -0.4 is 0 Å². The average molecular weight is 731 g/mol. The van der Waals surface area contributed by atoms with Gasteiger partial charge in [0.05, 0.1) is 16.8 Å². The van der Waals surface area contributed by atoms with Crippen molar-refractivity contribution in [2.45, 2.75) is 5.41 Å². The third kappa shape index (κ3) is 5.16. The van der Waals surface area contributed by atoms with Crippen molar-refractivity contribution < 1.29 is 0 Å². The van der Waals surface area contributed by atoms with Gasteiger partial charge in [-0.2, -0.15) is 0 Å². The lowest BCUT2D eigenvalue weighted by Gasteiger charge is -2.33. The summed E-state index contributed by atoms with van der Waals surface area (Å²) in [7, 11) is 0. The molecule has 0 bridgehead atoms. The SMILES string of the molecule is c1ccc(-c2nc(-c3cccc(-c4ccc5c(c4)-c4ccccc4C5(c4ccccc4)c4ccccc4)c3)cc(-c3ccc4sc5ccccc5c4c3)n2)cc1. The van der Waals surface area contributed by atoms with Crippen molar-refractivity contribution in [1.29, 1.82) is 0 Å². The summed E-state index contributed by atoms with van der Waals surface area (Å²) in [6.07, 6.45) is 0. The van der Waals surface area contributed by atoms with E-state index in [-0.39, 0.29) is 0 Å². The molecule has 0 N–H and O–H groups in total. The van der Waals surface area contributed by atoms with Crippen molar-refractivity contribution in [3.63, 3.8) is 0 Å². The molecule has 0 amide bonds. The van der Waals surface area contributed by atoms with Crippen LogP contribution in [0.25, 0.3) is 76.3 Å². The number of benzene rings is 8. The molecular weight excluding hydrogens is 697 g/mol. The van der Waals surface area contributed by atoms with Crippen LogP contribution in [0.1, 0.15) is 22.3 Å². The summed E-state index contributed by atoms with van der Waals surface area (Å²) in [5, 5.41) is 2.54. The molecule has 56 heavy (non-hydrogen) atoms. The predicted molar refractivity (Wildman–Crippen MR) is 234 cm³/mol. The van der Waals surface area contributed by atoms with Crippen LogP contribution in [0, 0.1) is 0 Å². The van der Waals surface area contributed by atoms with E-state index in [9.17, 15) is 0 Å². The largest absolute Gasteiger partial charge is 0.228 e. The number of nitrogens with zero attached hydrogens (tertiary/aromatic N) is 2. The first-order chi connectivity index (χ1) is 27.7. The highest BCUT2D eigenvalue weighted by molar-refractivity contribution is 7.25. The Morgan fingerprint density at radius 1 is 0.339 bits per heavy atom. The van der Waals surface area contributed by atoms with E-state index in [0.717, 1.165) is 33.6 Å². The minimum absolute atomic E-state index is 0.418. The number of hydrogen-bond acceptors (Lipinski definition) is 3. The summed E-state index contributed by atoms with van der Waals surface area (Å²) in [6.45, 7) is 0. The van der Waals surface area contributed by atoms with Crippen molar-refractivity contribution in [2.75, 3.05) is 0 Å². The van der Waals surface area contributed by atoms with Gasteiger partial charge < -0.3 is 0 Å². The molecule has 1 aliphatic carbocycles. The molecule has 0 unspecified atom stereocenters. The molecule has 0 aliphatic heterocycles. The van der Waals surface area contributed by atoms with Crippen LogP contribution in [0.4, 0.5) is 0 Å². The maximum absolute atomic E-state index is 5.20. The fraction of sp³-hybridized carbons (Fsp3) is 0.0189. The molecule has 0 saturated carbocycles. The summed E-state index contributed by atoms with van der Waals surface area (Å²) < 4.78 is 2.58. The minimum atomic E-state index is -0.418. The van der Waals surface area contributed by atoms with E-state index in [1.807, 2.05) is 29.5 Å². The molecule has 10 aromatic rings. The third-order valence-electron chi connectivity index (χ3n) is 11.4. The Morgan fingerprint density at radius 2 is 0.893 bits per heavy atom.